The van der Waals surface area contributed by atoms with Crippen LogP contribution in [-0.4, -0.2) is 39.5 Å². The Kier molecular flexibility index (Phi) is 4.63. The van der Waals surface area contributed by atoms with Gasteiger partial charge in [0, 0.05) is 23.4 Å². The summed E-state index contributed by atoms with van der Waals surface area (Å²) in [4.78, 5) is 7.40. The van der Waals surface area contributed by atoms with Crippen molar-refractivity contribution in [3.63, 3.8) is 0 Å². The van der Waals surface area contributed by atoms with Crippen molar-refractivity contribution in [2.75, 3.05) is 7.05 Å². The van der Waals surface area contributed by atoms with Gasteiger partial charge in [-0.2, -0.15) is 4.98 Å². The summed E-state index contributed by atoms with van der Waals surface area (Å²) in [5, 5.41) is 4.65. The molecule has 2 aliphatic heterocycles. The Morgan fingerprint density at radius 3 is 2.54 bits per heavy atom. The highest BCUT2D eigenvalue weighted by atomic mass is 35.5. The van der Waals surface area contributed by atoms with Crippen molar-refractivity contribution in [1.82, 2.24) is 15.0 Å². The van der Waals surface area contributed by atoms with Gasteiger partial charge in [-0.25, -0.2) is 0 Å². The number of piperidine rings is 1. The van der Waals surface area contributed by atoms with E-state index in [4.69, 9.17) is 21.1 Å². The van der Waals surface area contributed by atoms with Crippen molar-refractivity contribution in [2.45, 2.75) is 88.1 Å². The minimum absolute atomic E-state index is 0.324. The molecule has 4 atom stereocenters. The first kappa shape index (κ1) is 16.8. The Bertz CT molecular complexity index is 567. The maximum absolute atomic E-state index is 6.36. The molecular formula is C19H30ClN3O. The zero-order chi connectivity index (χ0) is 16.8. The Hall–Kier alpha value is -0.610. The van der Waals surface area contributed by atoms with Crippen LogP contribution in [0.25, 0.3) is 0 Å². The number of aromatic nitrogens is 2. The zero-order valence-corrected chi connectivity index (χ0v) is 15.9. The van der Waals surface area contributed by atoms with Crippen LogP contribution in [0.2, 0.25) is 0 Å². The quantitative estimate of drug-likeness (QED) is 0.749. The number of hydrogen-bond acceptors (Lipinski definition) is 4. The average molecular weight is 352 g/mol. The number of halogens is 1. The summed E-state index contributed by atoms with van der Waals surface area (Å²) >= 11 is 6.36. The molecule has 0 radical (unpaired) electrons. The van der Waals surface area contributed by atoms with E-state index < -0.39 is 0 Å². The van der Waals surface area contributed by atoms with Crippen LogP contribution >= 0.6 is 11.6 Å². The molecule has 24 heavy (non-hydrogen) atoms. The molecule has 1 aliphatic carbocycles. The fraction of sp³-hybridized carbons (Fsp3) is 0.895. The minimum Gasteiger partial charge on any atom is -0.339 e. The Morgan fingerprint density at radius 1 is 1.12 bits per heavy atom. The summed E-state index contributed by atoms with van der Waals surface area (Å²) in [7, 11) is 2.29. The Labute approximate surface area is 150 Å². The molecule has 2 unspecified atom stereocenters. The summed E-state index contributed by atoms with van der Waals surface area (Å²) in [5.41, 5.74) is 0. The minimum atomic E-state index is 0.324. The van der Waals surface area contributed by atoms with Crippen molar-refractivity contribution in [2.24, 2.45) is 11.8 Å². The first-order valence-corrected chi connectivity index (χ1v) is 10.2. The maximum Gasteiger partial charge on any atom is 0.231 e. The normalized spacial score (nSPS) is 40.4. The highest BCUT2D eigenvalue weighted by molar-refractivity contribution is 6.20. The van der Waals surface area contributed by atoms with Crippen molar-refractivity contribution in [3.8, 4) is 0 Å². The van der Waals surface area contributed by atoms with E-state index in [-0.39, 0.29) is 0 Å². The molecule has 134 valence electrons. The largest absolute Gasteiger partial charge is 0.339 e. The van der Waals surface area contributed by atoms with Gasteiger partial charge in [-0.15, -0.1) is 11.6 Å². The molecule has 0 amide bonds. The van der Waals surface area contributed by atoms with Crippen molar-refractivity contribution >= 4 is 11.6 Å². The predicted molar refractivity (Wildman–Crippen MR) is 95.4 cm³/mol. The second-order valence-electron chi connectivity index (χ2n) is 8.55. The van der Waals surface area contributed by atoms with Gasteiger partial charge in [0.15, 0.2) is 5.82 Å². The monoisotopic (exact) mass is 351 g/mol. The Morgan fingerprint density at radius 2 is 1.88 bits per heavy atom. The standard InChI is InChI=1S/C19H30ClN3O/c1-11(2)18-21-19(24-22-18)17-15(12-4-6-13(20)7-5-12)10-14-8-9-16(17)23(14)3/h11-17H,4-10H2,1-3H3/t12?,13?,14-,15-,16?,17?/m1/s1. The van der Waals surface area contributed by atoms with E-state index in [1.54, 1.807) is 0 Å². The summed E-state index contributed by atoms with van der Waals surface area (Å²) in [6.07, 6.45) is 8.75. The number of rotatable bonds is 3. The van der Waals surface area contributed by atoms with E-state index in [1.165, 1.54) is 44.9 Å². The third-order valence-corrected chi connectivity index (χ3v) is 7.32. The molecule has 0 N–H and O–H groups in total. The lowest BCUT2D eigenvalue weighted by Crippen LogP contribution is -2.47. The van der Waals surface area contributed by atoms with Gasteiger partial charge < -0.3 is 4.52 Å². The topological polar surface area (TPSA) is 42.2 Å². The first-order chi connectivity index (χ1) is 11.5. The van der Waals surface area contributed by atoms with Crippen molar-refractivity contribution in [3.05, 3.63) is 11.7 Å². The van der Waals surface area contributed by atoms with Gasteiger partial charge in [-0.05, 0) is 63.8 Å². The van der Waals surface area contributed by atoms with Gasteiger partial charge in [0.25, 0.3) is 0 Å². The molecule has 1 aromatic heterocycles. The lowest BCUT2D eigenvalue weighted by molar-refractivity contribution is 0.0497. The number of nitrogens with zero attached hydrogens (tertiary/aromatic N) is 3. The van der Waals surface area contributed by atoms with E-state index in [1.807, 2.05) is 0 Å². The van der Waals surface area contributed by atoms with Crippen LogP contribution in [0.3, 0.4) is 0 Å². The van der Waals surface area contributed by atoms with Gasteiger partial charge in [-0.3, -0.25) is 4.90 Å². The van der Waals surface area contributed by atoms with E-state index in [0.29, 0.717) is 29.2 Å². The molecule has 2 saturated heterocycles. The summed E-state index contributed by atoms with van der Waals surface area (Å²) < 4.78 is 5.79. The number of hydrogen-bond donors (Lipinski definition) is 0. The zero-order valence-electron chi connectivity index (χ0n) is 15.1. The molecule has 5 heteroatoms. The maximum atomic E-state index is 6.36. The third-order valence-electron chi connectivity index (χ3n) is 6.88. The molecule has 2 bridgehead atoms. The van der Waals surface area contributed by atoms with Gasteiger partial charge in [0.2, 0.25) is 5.89 Å². The van der Waals surface area contributed by atoms with Crippen LogP contribution < -0.4 is 0 Å². The van der Waals surface area contributed by atoms with Gasteiger partial charge in [0.05, 0.1) is 5.92 Å². The Balaban J connectivity index is 1.62. The molecule has 3 heterocycles. The molecule has 0 spiro atoms. The summed E-state index contributed by atoms with van der Waals surface area (Å²) in [6.45, 7) is 4.26. The SMILES string of the molecule is CC(C)c1noc(C2C3CC[C@H](C[C@@H]2C2CCC(Cl)CC2)N3C)n1. The van der Waals surface area contributed by atoms with Crippen LogP contribution in [0.15, 0.2) is 4.52 Å². The van der Waals surface area contributed by atoms with Gasteiger partial charge >= 0.3 is 0 Å². The molecule has 0 aromatic carbocycles. The fourth-order valence-electron chi connectivity index (χ4n) is 5.46. The fourth-order valence-corrected chi connectivity index (χ4v) is 5.71. The second-order valence-corrected chi connectivity index (χ2v) is 9.16. The molecule has 4 nitrogen and oxygen atoms in total. The highest BCUT2D eigenvalue weighted by Gasteiger charge is 2.50. The van der Waals surface area contributed by atoms with Gasteiger partial charge in [0.1, 0.15) is 0 Å². The van der Waals surface area contributed by atoms with E-state index in [2.05, 4.69) is 31.0 Å². The van der Waals surface area contributed by atoms with Crippen LogP contribution in [0.1, 0.15) is 82.3 Å². The van der Waals surface area contributed by atoms with E-state index in [0.717, 1.165) is 23.7 Å². The van der Waals surface area contributed by atoms with Gasteiger partial charge in [-0.1, -0.05) is 19.0 Å². The summed E-state index contributed by atoms with van der Waals surface area (Å²) in [5.74, 6) is 3.94. The highest BCUT2D eigenvalue weighted by Crippen LogP contribution is 2.51. The van der Waals surface area contributed by atoms with E-state index in [9.17, 15) is 0 Å². The molecule has 1 saturated carbocycles. The molecule has 1 aromatic rings. The predicted octanol–water partition coefficient (Wildman–Crippen LogP) is 4.56. The van der Waals surface area contributed by atoms with Crippen LogP contribution in [0.5, 0.6) is 0 Å². The number of alkyl halides is 1. The van der Waals surface area contributed by atoms with Crippen LogP contribution in [-0.2, 0) is 0 Å². The molecule has 3 aliphatic rings. The first-order valence-electron chi connectivity index (χ1n) is 9.74. The molecule has 3 fully saturated rings. The second kappa shape index (κ2) is 6.60. The molecule has 4 rings (SSSR count). The molecular weight excluding hydrogens is 322 g/mol. The van der Waals surface area contributed by atoms with Crippen LogP contribution in [0.4, 0.5) is 0 Å². The lowest BCUT2D eigenvalue weighted by atomic mass is 9.68. The van der Waals surface area contributed by atoms with Crippen LogP contribution in [0, 0.1) is 11.8 Å². The third kappa shape index (κ3) is 2.90. The average Bonchev–Trinajstić information content (AvgIpc) is 3.12. The smallest absolute Gasteiger partial charge is 0.231 e. The van der Waals surface area contributed by atoms with Crippen molar-refractivity contribution < 1.29 is 4.52 Å². The van der Waals surface area contributed by atoms with E-state index >= 15 is 0 Å². The number of fused-ring (bicyclic) bond motifs is 2. The summed E-state index contributed by atoms with van der Waals surface area (Å²) in [6, 6.07) is 1.32. The number of likely N-dealkylation sites (N-methyl/N-ethyl adjacent to an activating group) is 1. The lowest BCUT2D eigenvalue weighted by Gasteiger charge is -2.45. The van der Waals surface area contributed by atoms with Crippen molar-refractivity contribution in [1.29, 1.82) is 0 Å².